The van der Waals surface area contributed by atoms with Gasteiger partial charge in [-0.15, -0.1) is 12.4 Å². The molecule has 0 saturated carbocycles. The largest absolute Gasteiger partial charge is 0.346 e. The third kappa shape index (κ3) is 5.73. The van der Waals surface area contributed by atoms with Gasteiger partial charge in [-0.2, -0.15) is 0 Å². The minimum absolute atomic E-state index is 0. The van der Waals surface area contributed by atoms with E-state index in [9.17, 15) is 9.59 Å². The molecule has 2 rings (SSSR count). The maximum atomic E-state index is 12.2. The molecule has 0 heterocycles. The Morgan fingerprint density at radius 2 is 1.76 bits per heavy atom. The lowest BCUT2D eigenvalue weighted by Crippen LogP contribution is -2.47. The first-order chi connectivity index (χ1) is 11.4. The number of nitrogens with zero attached hydrogens (tertiary/aromatic N) is 1. The third-order valence-corrected chi connectivity index (χ3v) is 4.09. The summed E-state index contributed by atoms with van der Waals surface area (Å²) in [5, 5.41) is 4.92. The van der Waals surface area contributed by atoms with Crippen LogP contribution in [0.5, 0.6) is 0 Å². The maximum absolute atomic E-state index is 12.2. The second kappa shape index (κ2) is 9.39. The van der Waals surface area contributed by atoms with Crippen molar-refractivity contribution in [1.82, 2.24) is 10.2 Å². The van der Waals surface area contributed by atoms with Gasteiger partial charge in [0.25, 0.3) is 0 Å². The van der Waals surface area contributed by atoms with Gasteiger partial charge in [0, 0.05) is 13.6 Å². The average Bonchev–Trinajstić information content (AvgIpc) is 2.58. The summed E-state index contributed by atoms with van der Waals surface area (Å²) >= 11 is 0. The molecule has 25 heavy (non-hydrogen) atoms. The smallest absolute Gasteiger partial charge is 0.242 e. The van der Waals surface area contributed by atoms with Gasteiger partial charge in [-0.3, -0.25) is 9.59 Å². The molecule has 2 aromatic carbocycles. The van der Waals surface area contributed by atoms with Crippen LogP contribution >= 0.6 is 12.4 Å². The molecular weight excluding hydrogens is 338 g/mol. The number of carbonyl (C=O) groups excluding carboxylic acids is 2. The monoisotopic (exact) mass is 363 g/mol. The van der Waals surface area contributed by atoms with Crippen LogP contribution in [0.15, 0.2) is 42.5 Å². The predicted molar refractivity (Wildman–Crippen MR) is 103 cm³/mol. The molecule has 0 saturated heterocycles. The highest BCUT2D eigenvalue weighted by Crippen LogP contribution is 2.16. The lowest BCUT2D eigenvalue weighted by Gasteiger charge is -2.19. The van der Waals surface area contributed by atoms with Crippen LogP contribution in [-0.2, 0) is 16.1 Å². The highest BCUT2D eigenvalue weighted by atomic mass is 35.5. The van der Waals surface area contributed by atoms with Gasteiger partial charge in [0.1, 0.15) is 0 Å². The number of amides is 2. The molecule has 0 unspecified atom stereocenters. The Balaban J connectivity index is 0.00000312. The molecule has 0 aliphatic heterocycles. The van der Waals surface area contributed by atoms with Gasteiger partial charge in [0.15, 0.2) is 0 Å². The Kier molecular flexibility index (Phi) is 7.87. The number of likely N-dealkylation sites (N-methyl/N-ethyl adjacent to an activating group) is 1. The van der Waals surface area contributed by atoms with Gasteiger partial charge in [0.2, 0.25) is 11.8 Å². The summed E-state index contributed by atoms with van der Waals surface area (Å²) < 4.78 is 0. The molecule has 0 radical (unpaired) electrons. The van der Waals surface area contributed by atoms with Crippen LogP contribution in [0.25, 0.3) is 10.8 Å². The van der Waals surface area contributed by atoms with Crippen LogP contribution in [0.4, 0.5) is 0 Å². The minimum atomic E-state index is -0.594. The van der Waals surface area contributed by atoms with Crippen LogP contribution in [-0.4, -0.2) is 36.3 Å². The summed E-state index contributed by atoms with van der Waals surface area (Å²) in [4.78, 5) is 25.6. The maximum Gasteiger partial charge on any atom is 0.242 e. The van der Waals surface area contributed by atoms with Gasteiger partial charge in [-0.25, -0.2) is 0 Å². The van der Waals surface area contributed by atoms with Crippen molar-refractivity contribution < 1.29 is 9.59 Å². The van der Waals surface area contributed by atoms with Crippen molar-refractivity contribution in [3.63, 3.8) is 0 Å². The van der Waals surface area contributed by atoms with Crippen molar-refractivity contribution >= 4 is 35.0 Å². The molecule has 2 amide bonds. The first-order valence-corrected chi connectivity index (χ1v) is 8.13. The average molecular weight is 364 g/mol. The van der Waals surface area contributed by atoms with Gasteiger partial charge >= 0.3 is 0 Å². The van der Waals surface area contributed by atoms with E-state index < -0.39 is 6.04 Å². The number of nitrogens with one attached hydrogen (secondary N) is 1. The highest BCUT2D eigenvalue weighted by molar-refractivity contribution is 5.87. The van der Waals surface area contributed by atoms with E-state index in [2.05, 4.69) is 17.4 Å². The third-order valence-electron chi connectivity index (χ3n) is 4.09. The number of hydrogen-bond donors (Lipinski definition) is 2. The molecule has 1 atom stereocenters. The lowest BCUT2D eigenvalue weighted by atomic mass is 10.1. The van der Waals surface area contributed by atoms with Crippen LogP contribution in [0.2, 0.25) is 0 Å². The Hall–Kier alpha value is -2.11. The van der Waals surface area contributed by atoms with E-state index in [1.165, 1.54) is 5.39 Å². The molecule has 0 aromatic heterocycles. The molecular formula is C19H26ClN3O2. The Morgan fingerprint density at radius 1 is 1.12 bits per heavy atom. The zero-order valence-corrected chi connectivity index (χ0v) is 15.7. The number of benzene rings is 2. The van der Waals surface area contributed by atoms with Crippen molar-refractivity contribution in [3.8, 4) is 0 Å². The Morgan fingerprint density at radius 3 is 2.40 bits per heavy atom. The molecule has 5 nitrogen and oxygen atoms in total. The molecule has 0 bridgehead atoms. The van der Waals surface area contributed by atoms with E-state index in [0.29, 0.717) is 6.54 Å². The summed E-state index contributed by atoms with van der Waals surface area (Å²) in [6.07, 6.45) is 0. The van der Waals surface area contributed by atoms with Crippen molar-refractivity contribution in [2.75, 3.05) is 13.6 Å². The number of halogens is 1. The normalized spacial score (nSPS) is 11.7. The van der Waals surface area contributed by atoms with Crippen molar-refractivity contribution in [3.05, 3.63) is 48.0 Å². The fraction of sp³-hybridized carbons (Fsp3) is 0.368. The fourth-order valence-electron chi connectivity index (χ4n) is 2.42. The zero-order valence-electron chi connectivity index (χ0n) is 14.9. The van der Waals surface area contributed by atoms with Crippen LogP contribution in [0.1, 0.15) is 19.4 Å². The van der Waals surface area contributed by atoms with E-state index >= 15 is 0 Å². The van der Waals surface area contributed by atoms with Crippen LogP contribution in [0, 0.1) is 5.92 Å². The second-order valence-electron chi connectivity index (χ2n) is 6.42. The molecule has 0 aliphatic carbocycles. The van der Waals surface area contributed by atoms with E-state index in [0.717, 1.165) is 10.9 Å². The fourth-order valence-corrected chi connectivity index (χ4v) is 2.42. The minimum Gasteiger partial charge on any atom is -0.346 e. The summed E-state index contributed by atoms with van der Waals surface area (Å²) in [7, 11) is 1.73. The molecule has 3 N–H and O–H groups in total. The number of rotatable bonds is 6. The number of carbonyl (C=O) groups is 2. The standard InChI is InChI=1S/C19H25N3O2.ClH/c1-13(2)18(20)19(24)21-11-17(23)22(3)12-14-8-9-15-6-4-5-7-16(15)10-14;/h4-10,13,18H,11-12,20H2,1-3H3,(H,21,24);1H/t18-;/m0./s1. The first-order valence-electron chi connectivity index (χ1n) is 8.13. The first kappa shape index (κ1) is 20.9. The van der Waals surface area contributed by atoms with E-state index in [1.807, 2.05) is 44.2 Å². The molecule has 2 aromatic rings. The van der Waals surface area contributed by atoms with Gasteiger partial charge in [-0.05, 0) is 28.3 Å². The van der Waals surface area contributed by atoms with Crippen LogP contribution in [0.3, 0.4) is 0 Å². The van der Waals surface area contributed by atoms with Gasteiger partial charge in [0.05, 0.1) is 12.6 Å². The second-order valence-corrected chi connectivity index (χ2v) is 6.42. The number of hydrogen-bond acceptors (Lipinski definition) is 3. The van der Waals surface area contributed by atoms with E-state index in [1.54, 1.807) is 11.9 Å². The van der Waals surface area contributed by atoms with Gasteiger partial charge < -0.3 is 16.0 Å². The van der Waals surface area contributed by atoms with Crippen molar-refractivity contribution in [2.45, 2.75) is 26.4 Å². The predicted octanol–water partition coefficient (Wildman–Crippen LogP) is 2.32. The molecule has 6 heteroatoms. The van der Waals surface area contributed by atoms with Crippen molar-refractivity contribution in [2.24, 2.45) is 11.7 Å². The summed E-state index contributed by atoms with van der Waals surface area (Å²) in [6, 6.07) is 13.6. The summed E-state index contributed by atoms with van der Waals surface area (Å²) in [5.41, 5.74) is 6.81. The SMILES string of the molecule is CC(C)[C@H](N)C(=O)NCC(=O)N(C)Cc1ccc2ccccc2c1.Cl. The van der Waals surface area contributed by atoms with Gasteiger partial charge in [-0.1, -0.05) is 50.2 Å². The van der Waals surface area contributed by atoms with E-state index in [4.69, 9.17) is 5.73 Å². The molecule has 0 fully saturated rings. The summed E-state index contributed by atoms with van der Waals surface area (Å²) in [6.45, 7) is 4.20. The Bertz CT molecular complexity index is 733. The highest BCUT2D eigenvalue weighted by Gasteiger charge is 2.18. The van der Waals surface area contributed by atoms with E-state index in [-0.39, 0.29) is 36.7 Å². The molecule has 0 aliphatic rings. The molecule has 136 valence electrons. The summed E-state index contributed by atoms with van der Waals surface area (Å²) in [5.74, 6) is -0.402. The number of nitrogens with two attached hydrogens (primary N) is 1. The Labute approximate surface area is 155 Å². The quantitative estimate of drug-likeness (QED) is 0.827. The van der Waals surface area contributed by atoms with Crippen LogP contribution < -0.4 is 11.1 Å². The van der Waals surface area contributed by atoms with Crippen molar-refractivity contribution in [1.29, 1.82) is 0 Å². The lowest BCUT2D eigenvalue weighted by molar-refractivity contribution is -0.132. The zero-order chi connectivity index (χ0) is 17.7. The molecule has 0 spiro atoms. The topological polar surface area (TPSA) is 75.4 Å². The number of fused-ring (bicyclic) bond motifs is 1.